The van der Waals surface area contributed by atoms with Crippen molar-refractivity contribution >= 4 is 22.6 Å². The fraction of sp³-hybridized carbons (Fsp3) is 0.375. The third-order valence-corrected chi connectivity index (χ3v) is 5.91. The third-order valence-electron chi connectivity index (χ3n) is 5.91. The number of fused-ring (bicyclic) bond motifs is 1. The molecule has 0 spiro atoms. The van der Waals surface area contributed by atoms with Crippen LogP contribution in [0.25, 0.3) is 10.9 Å². The summed E-state index contributed by atoms with van der Waals surface area (Å²) >= 11 is 0. The highest BCUT2D eigenvalue weighted by Gasteiger charge is 2.25. The molecule has 7 heteroatoms. The number of Topliss-reactive ketones (excluding diaryl/α,β-unsaturated/α-hetero) is 1. The standard InChI is InChI=1S/C24H26N4O3/c1-17-9-14-31-23(17)24(30)26-18-7-12-27(13-8-18)16-22(29)20-15-28(11-4-10-25)21-6-3-2-5-19(20)21/h2-3,5-6,9,14-15,18H,4,7-8,11-13,16H2,1H3,(H,26,30). The van der Waals surface area contributed by atoms with Gasteiger partial charge in [0.25, 0.3) is 5.91 Å². The van der Waals surface area contributed by atoms with Crippen LogP contribution in [0.4, 0.5) is 0 Å². The molecule has 3 aromatic rings. The monoisotopic (exact) mass is 418 g/mol. The molecule has 3 heterocycles. The molecule has 4 rings (SSSR count). The van der Waals surface area contributed by atoms with Gasteiger partial charge in [0.15, 0.2) is 11.5 Å². The Bertz CT molecular complexity index is 1130. The van der Waals surface area contributed by atoms with Crippen molar-refractivity contribution in [3.63, 3.8) is 0 Å². The maximum Gasteiger partial charge on any atom is 0.287 e. The number of ketones is 1. The molecule has 31 heavy (non-hydrogen) atoms. The maximum atomic E-state index is 13.1. The summed E-state index contributed by atoms with van der Waals surface area (Å²) in [6, 6.07) is 11.8. The van der Waals surface area contributed by atoms with Crippen LogP contribution in [0.2, 0.25) is 0 Å². The van der Waals surface area contributed by atoms with E-state index >= 15 is 0 Å². The third kappa shape index (κ3) is 4.54. The summed E-state index contributed by atoms with van der Waals surface area (Å²) < 4.78 is 7.26. The molecule has 0 unspecified atom stereocenters. The van der Waals surface area contributed by atoms with Crippen molar-refractivity contribution in [2.75, 3.05) is 19.6 Å². The zero-order chi connectivity index (χ0) is 21.8. The Morgan fingerprint density at radius 1 is 1.23 bits per heavy atom. The number of furan rings is 1. The minimum absolute atomic E-state index is 0.0799. The number of carbonyl (C=O) groups excluding carboxylic acids is 2. The molecule has 1 aliphatic rings. The topological polar surface area (TPSA) is 91.3 Å². The van der Waals surface area contributed by atoms with E-state index in [1.807, 2.05) is 42.0 Å². The number of nitriles is 1. The summed E-state index contributed by atoms with van der Waals surface area (Å²) in [5, 5.41) is 12.9. The first-order valence-electron chi connectivity index (χ1n) is 10.6. The van der Waals surface area contributed by atoms with Gasteiger partial charge in [0.05, 0.1) is 25.3 Å². The first-order valence-corrected chi connectivity index (χ1v) is 10.6. The zero-order valence-corrected chi connectivity index (χ0v) is 17.6. The van der Waals surface area contributed by atoms with Crippen molar-refractivity contribution in [1.29, 1.82) is 5.26 Å². The predicted octanol–water partition coefficient (Wildman–Crippen LogP) is 3.53. The molecular weight excluding hydrogens is 392 g/mol. The molecular formula is C24H26N4O3. The largest absolute Gasteiger partial charge is 0.459 e. The summed E-state index contributed by atoms with van der Waals surface area (Å²) in [5.74, 6) is 0.271. The molecule has 1 amide bonds. The number of para-hydroxylation sites is 1. The van der Waals surface area contributed by atoms with Crippen molar-refractivity contribution in [1.82, 2.24) is 14.8 Å². The van der Waals surface area contributed by atoms with Gasteiger partial charge in [-0.15, -0.1) is 0 Å². The Balaban J connectivity index is 1.36. The summed E-state index contributed by atoms with van der Waals surface area (Å²) in [7, 11) is 0. The molecule has 160 valence electrons. The number of hydrogen-bond acceptors (Lipinski definition) is 5. The lowest BCUT2D eigenvalue weighted by Crippen LogP contribution is -2.46. The van der Waals surface area contributed by atoms with Gasteiger partial charge in [-0.1, -0.05) is 18.2 Å². The summed E-state index contributed by atoms with van der Waals surface area (Å²) in [4.78, 5) is 27.6. The van der Waals surface area contributed by atoms with E-state index in [9.17, 15) is 9.59 Å². The Morgan fingerprint density at radius 2 is 2.00 bits per heavy atom. The molecule has 0 radical (unpaired) electrons. The number of aryl methyl sites for hydroxylation is 2. The zero-order valence-electron chi connectivity index (χ0n) is 17.6. The van der Waals surface area contributed by atoms with E-state index in [4.69, 9.17) is 9.68 Å². The number of amides is 1. The van der Waals surface area contributed by atoms with E-state index in [1.165, 1.54) is 6.26 Å². The van der Waals surface area contributed by atoms with Crippen LogP contribution in [-0.2, 0) is 6.54 Å². The number of nitrogens with one attached hydrogen (secondary N) is 1. The highest BCUT2D eigenvalue weighted by atomic mass is 16.3. The van der Waals surface area contributed by atoms with Gasteiger partial charge in [0, 0.05) is 53.9 Å². The number of rotatable bonds is 7. The van der Waals surface area contributed by atoms with E-state index in [2.05, 4.69) is 16.3 Å². The van der Waals surface area contributed by atoms with Crippen molar-refractivity contribution in [3.05, 3.63) is 59.7 Å². The van der Waals surface area contributed by atoms with Gasteiger partial charge in [0.2, 0.25) is 0 Å². The van der Waals surface area contributed by atoms with E-state index in [1.54, 1.807) is 6.07 Å². The Hall–Kier alpha value is -3.37. The SMILES string of the molecule is Cc1ccoc1C(=O)NC1CCN(CC(=O)c2cn(CCC#N)c3ccccc23)CC1. The fourth-order valence-electron chi connectivity index (χ4n) is 4.20. The molecule has 0 aliphatic carbocycles. The number of likely N-dealkylation sites (tertiary alicyclic amines) is 1. The van der Waals surface area contributed by atoms with Crippen LogP contribution in [0, 0.1) is 18.3 Å². The van der Waals surface area contributed by atoms with Crippen molar-refractivity contribution in [2.45, 2.75) is 38.8 Å². The molecule has 1 saturated heterocycles. The second-order valence-corrected chi connectivity index (χ2v) is 8.04. The molecule has 0 bridgehead atoms. The van der Waals surface area contributed by atoms with Crippen molar-refractivity contribution in [2.24, 2.45) is 0 Å². The lowest BCUT2D eigenvalue weighted by atomic mass is 10.0. The number of carbonyl (C=O) groups is 2. The van der Waals surface area contributed by atoms with Crippen LogP contribution in [0.5, 0.6) is 0 Å². The second-order valence-electron chi connectivity index (χ2n) is 8.04. The second kappa shape index (κ2) is 9.19. The van der Waals surface area contributed by atoms with Gasteiger partial charge in [-0.2, -0.15) is 5.26 Å². The summed E-state index contributed by atoms with van der Waals surface area (Å²) in [6.07, 6.45) is 5.40. The normalized spacial score (nSPS) is 15.1. The van der Waals surface area contributed by atoms with Crippen LogP contribution >= 0.6 is 0 Å². The lowest BCUT2D eigenvalue weighted by molar-refractivity contribution is 0.0844. The number of piperidine rings is 1. The Labute approximate surface area is 181 Å². The first kappa shape index (κ1) is 20.9. The quantitative estimate of drug-likeness (QED) is 0.593. The minimum atomic E-state index is -0.179. The smallest absolute Gasteiger partial charge is 0.287 e. The Kier molecular flexibility index (Phi) is 6.19. The molecule has 1 fully saturated rings. The number of nitrogens with zero attached hydrogens (tertiary/aromatic N) is 3. The van der Waals surface area contributed by atoms with Gasteiger partial charge in [-0.25, -0.2) is 0 Å². The van der Waals surface area contributed by atoms with Crippen LogP contribution in [0.1, 0.15) is 45.7 Å². The van der Waals surface area contributed by atoms with E-state index in [0.717, 1.165) is 42.4 Å². The van der Waals surface area contributed by atoms with Crippen LogP contribution in [0.3, 0.4) is 0 Å². The van der Waals surface area contributed by atoms with Gasteiger partial charge >= 0.3 is 0 Å². The Morgan fingerprint density at radius 3 is 2.71 bits per heavy atom. The molecule has 1 aromatic carbocycles. The number of aromatic nitrogens is 1. The van der Waals surface area contributed by atoms with E-state index < -0.39 is 0 Å². The maximum absolute atomic E-state index is 13.1. The van der Waals surface area contributed by atoms with Crippen LogP contribution in [-0.4, -0.2) is 46.8 Å². The average Bonchev–Trinajstić information content (AvgIpc) is 3.37. The van der Waals surface area contributed by atoms with Gasteiger partial charge in [-0.3, -0.25) is 14.5 Å². The highest BCUT2D eigenvalue weighted by molar-refractivity contribution is 6.09. The first-order chi connectivity index (χ1) is 15.1. The molecule has 7 nitrogen and oxygen atoms in total. The predicted molar refractivity (Wildman–Crippen MR) is 117 cm³/mol. The highest BCUT2D eigenvalue weighted by Crippen LogP contribution is 2.23. The molecule has 1 N–H and O–H groups in total. The molecule has 0 atom stereocenters. The molecule has 2 aromatic heterocycles. The summed E-state index contributed by atoms with van der Waals surface area (Å²) in [6.45, 7) is 4.28. The van der Waals surface area contributed by atoms with E-state index in [0.29, 0.717) is 30.8 Å². The van der Waals surface area contributed by atoms with Crippen molar-refractivity contribution in [3.8, 4) is 6.07 Å². The molecule has 1 aliphatic heterocycles. The number of hydrogen-bond donors (Lipinski definition) is 1. The fourth-order valence-corrected chi connectivity index (χ4v) is 4.20. The summed E-state index contributed by atoms with van der Waals surface area (Å²) in [5.41, 5.74) is 2.52. The van der Waals surface area contributed by atoms with Crippen LogP contribution in [0.15, 0.2) is 47.2 Å². The van der Waals surface area contributed by atoms with Crippen LogP contribution < -0.4 is 5.32 Å². The van der Waals surface area contributed by atoms with Gasteiger partial charge < -0.3 is 14.3 Å². The van der Waals surface area contributed by atoms with E-state index in [-0.39, 0.29) is 17.7 Å². The minimum Gasteiger partial charge on any atom is -0.459 e. The van der Waals surface area contributed by atoms with Crippen molar-refractivity contribution < 1.29 is 14.0 Å². The molecule has 0 saturated carbocycles. The lowest BCUT2D eigenvalue weighted by Gasteiger charge is -2.31. The number of benzene rings is 1. The van der Waals surface area contributed by atoms with Gasteiger partial charge in [-0.05, 0) is 31.9 Å². The van der Waals surface area contributed by atoms with Gasteiger partial charge in [0.1, 0.15) is 0 Å². The average molecular weight is 418 g/mol.